The summed E-state index contributed by atoms with van der Waals surface area (Å²) in [5.41, 5.74) is 4.50. The minimum Gasteiger partial charge on any atom is -0.154 e. The lowest BCUT2D eigenvalue weighted by Crippen LogP contribution is -1.92. The van der Waals surface area contributed by atoms with Crippen LogP contribution in [0.5, 0.6) is 0 Å². The Kier molecular flexibility index (Phi) is 1.92. The Morgan fingerprint density at radius 3 is 0.778 bits per heavy atom. The summed E-state index contributed by atoms with van der Waals surface area (Å²) in [5.74, 6) is 0. The first-order chi connectivity index (χ1) is 3.45. The fourth-order valence-corrected chi connectivity index (χ4v) is 0. The highest BCUT2D eigenvalue weighted by atomic mass is 32.5. The standard InChI is InChI=1S/F6S.HNO/c1-7(2,3,4,5)6;1-2/h;1H. The van der Waals surface area contributed by atoms with Gasteiger partial charge in [-0.2, -0.15) is 4.91 Å². The Morgan fingerprint density at radius 2 is 0.778 bits per heavy atom. The molecule has 2 nitrogen and oxygen atoms in total. The zero-order valence-corrected chi connectivity index (χ0v) is 4.40. The average Bonchev–Trinajstić information content (AvgIpc) is 1.30. The molecule has 0 aromatic carbocycles. The summed E-state index contributed by atoms with van der Waals surface area (Å²) in [6, 6.07) is 0. The molecule has 0 aliphatic carbocycles. The first kappa shape index (κ1) is 11.3. The quantitative estimate of drug-likeness (QED) is 0.446. The molecule has 0 aliphatic rings. The van der Waals surface area contributed by atoms with E-state index in [1.165, 1.54) is 0 Å². The number of halogens is 6. The topological polar surface area (TPSA) is 40.9 Å². The highest BCUT2D eigenvalue weighted by molar-refractivity contribution is 8.41. The molecule has 0 radical (unpaired) electrons. The molecule has 0 atom stereocenters. The van der Waals surface area contributed by atoms with Crippen LogP contribution in [-0.2, 0) is 0 Å². The number of rotatable bonds is 0. The van der Waals surface area contributed by atoms with Gasteiger partial charge in [-0.25, -0.2) is 0 Å². The van der Waals surface area contributed by atoms with Crippen molar-refractivity contribution < 1.29 is 23.3 Å². The van der Waals surface area contributed by atoms with Crippen LogP contribution in [0.3, 0.4) is 0 Å². The molecule has 0 aromatic heterocycles. The minimum atomic E-state index is -10.5. The van der Waals surface area contributed by atoms with Crippen LogP contribution in [0.15, 0.2) is 0 Å². The second-order valence-corrected chi connectivity index (χ2v) is 2.62. The molecule has 0 bridgehead atoms. The molecule has 0 aliphatic heterocycles. The van der Waals surface area contributed by atoms with Crippen molar-refractivity contribution in [1.82, 2.24) is 0 Å². The Bertz CT molecular complexity index is 82.4. The van der Waals surface area contributed by atoms with Crippen LogP contribution in [0.25, 0.3) is 0 Å². The molecule has 0 saturated heterocycles. The first-order valence-corrected chi connectivity index (χ1v) is 2.98. The molecule has 0 rings (SSSR count). The predicted molar refractivity (Wildman–Crippen MR) is 20.3 cm³/mol. The van der Waals surface area contributed by atoms with Crippen LogP contribution < -0.4 is 0 Å². The summed E-state index contributed by atoms with van der Waals surface area (Å²) in [7, 11) is -10.5. The molecule has 0 amide bonds. The molecule has 0 aromatic rings. The summed E-state index contributed by atoms with van der Waals surface area (Å²) in [5, 5.41) is 0. The van der Waals surface area contributed by atoms with E-state index in [1.807, 2.05) is 0 Å². The van der Waals surface area contributed by atoms with E-state index < -0.39 is 10.6 Å². The van der Waals surface area contributed by atoms with Crippen molar-refractivity contribution in [1.29, 1.82) is 5.59 Å². The fourth-order valence-electron chi connectivity index (χ4n) is 0. The summed E-state index contributed by atoms with van der Waals surface area (Å²) < 4.78 is 59.1. The van der Waals surface area contributed by atoms with Gasteiger partial charge in [0.05, 0.1) is 0 Å². The highest BCUT2D eigenvalue weighted by Gasteiger charge is 2.64. The summed E-state index contributed by atoms with van der Waals surface area (Å²) >= 11 is 0. The van der Waals surface area contributed by atoms with Crippen LogP contribution in [0, 0.1) is 10.5 Å². The lowest BCUT2D eigenvalue weighted by Gasteiger charge is -2.28. The normalized spacial score (nSPS) is 18.4. The van der Waals surface area contributed by atoms with Crippen molar-refractivity contribution in [2.75, 3.05) is 0 Å². The van der Waals surface area contributed by atoms with E-state index in [0.29, 0.717) is 0 Å². The zero-order valence-electron chi connectivity index (χ0n) is 3.58. The lowest BCUT2D eigenvalue weighted by atomic mass is 13.8. The number of nitrogens with one attached hydrogen (secondary N) is 1. The molecule has 0 heterocycles. The SMILES string of the molecule is FS(F)(F)(F)(F)F.N=O. The van der Waals surface area contributed by atoms with E-state index >= 15 is 0 Å². The largest absolute Gasteiger partial charge is 0.431 e. The first-order valence-electron chi connectivity index (χ1n) is 1.13. The van der Waals surface area contributed by atoms with Gasteiger partial charge in [-0.15, -0.1) is 0 Å². The fraction of sp³-hybridized carbons (Fsp3) is 0. The van der Waals surface area contributed by atoms with E-state index in [9.17, 15) is 23.3 Å². The Hall–Kier alpha value is -0.470. The molecule has 9 heteroatoms. The number of nitroso groups, excluding NO2 is 1. The Balaban J connectivity index is 0. The van der Waals surface area contributed by atoms with Gasteiger partial charge in [-0.3, -0.25) is 0 Å². The van der Waals surface area contributed by atoms with Crippen molar-refractivity contribution in [3.63, 3.8) is 0 Å². The lowest BCUT2D eigenvalue weighted by molar-refractivity contribution is 0.291. The van der Waals surface area contributed by atoms with Gasteiger partial charge in [0.1, 0.15) is 0 Å². The van der Waals surface area contributed by atoms with E-state index in [2.05, 4.69) is 5.59 Å². The van der Waals surface area contributed by atoms with Gasteiger partial charge >= 0.3 is 10.6 Å². The van der Waals surface area contributed by atoms with Crippen LogP contribution in [-0.4, -0.2) is 0 Å². The van der Waals surface area contributed by atoms with Crippen molar-refractivity contribution in [2.24, 2.45) is 0 Å². The third-order valence-corrected chi connectivity index (χ3v) is 0. The van der Waals surface area contributed by atoms with Crippen molar-refractivity contribution >= 4 is 10.6 Å². The van der Waals surface area contributed by atoms with E-state index in [1.54, 1.807) is 0 Å². The zero-order chi connectivity index (χ0) is 8.41. The molecule has 9 heavy (non-hydrogen) atoms. The predicted octanol–water partition coefficient (Wildman–Crippen LogP) is 3.50. The maximum absolute atomic E-state index is 10.5. The number of hydrogen-bond donors (Lipinski definition) is 1. The van der Waals surface area contributed by atoms with Gasteiger partial charge in [-0.05, 0) is 0 Å². The molecular formula is HF6NOS. The number of hydrogen-bond acceptors (Lipinski definition) is 2. The molecule has 60 valence electrons. The third kappa shape index (κ3) is 1040. The van der Waals surface area contributed by atoms with Gasteiger partial charge in [0.15, 0.2) is 0 Å². The summed E-state index contributed by atoms with van der Waals surface area (Å²) in [6.07, 6.45) is 0. The van der Waals surface area contributed by atoms with Gasteiger partial charge < -0.3 is 0 Å². The Labute approximate surface area is 45.6 Å². The summed E-state index contributed by atoms with van der Waals surface area (Å²) in [6.45, 7) is 0. The average molecular weight is 177 g/mol. The smallest absolute Gasteiger partial charge is 0.154 e. The van der Waals surface area contributed by atoms with Gasteiger partial charge in [0.2, 0.25) is 0 Å². The minimum absolute atomic E-state index is 4.50. The van der Waals surface area contributed by atoms with Crippen LogP contribution in [0.2, 0.25) is 0 Å². The third-order valence-electron chi connectivity index (χ3n) is 0. The van der Waals surface area contributed by atoms with Gasteiger partial charge in [-0.1, -0.05) is 28.9 Å². The highest BCUT2D eigenvalue weighted by Crippen LogP contribution is 2.99. The Morgan fingerprint density at radius 1 is 0.778 bits per heavy atom. The molecule has 1 N–H and O–H groups in total. The van der Waals surface area contributed by atoms with E-state index in [4.69, 9.17) is 4.91 Å². The second-order valence-electron chi connectivity index (χ2n) is 0.875. The van der Waals surface area contributed by atoms with Crippen molar-refractivity contribution in [2.45, 2.75) is 0 Å². The summed E-state index contributed by atoms with van der Waals surface area (Å²) in [4.78, 5) is 7.50. The van der Waals surface area contributed by atoms with E-state index in [0.717, 1.165) is 0 Å². The van der Waals surface area contributed by atoms with Crippen molar-refractivity contribution in [3.05, 3.63) is 4.91 Å². The maximum Gasteiger partial charge on any atom is 0.431 e. The maximum atomic E-state index is 9.85. The van der Waals surface area contributed by atoms with Crippen LogP contribution in [0.1, 0.15) is 0 Å². The molecular weight excluding hydrogens is 176 g/mol. The van der Waals surface area contributed by atoms with Gasteiger partial charge in [0.25, 0.3) is 0 Å². The monoisotopic (exact) mass is 177 g/mol. The van der Waals surface area contributed by atoms with Gasteiger partial charge in [0, 0.05) is 0 Å². The van der Waals surface area contributed by atoms with Crippen LogP contribution in [0.4, 0.5) is 23.3 Å². The van der Waals surface area contributed by atoms with Crippen molar-refractivity contribution in [3.8, 4) is 0 Å². The second kappa shape index (κ2) is 1.52. The molecule has 0 spiro atoms. The molecule has 0 saturated carbocycles. The molecule has 0 fully saturated rings. The van der Waals surface area contributed by atoms with Crippen LogP contribution >= 0.6 is 10.6 Å². The van der Waals surface area contributed by atoms with E-state index in [-0.39, 0.29) is 0 Å². The molecule has 0 unspecified atom stereocenters.